The van der Waals surface area contributed by atoms with E-state index in [0.717, 1.165) is 5.56 Å². The Kier molecular flexibility index (Phi) is 7.45. The van der Waals surface area contributed by atoms with Gasteiger partial charge in [-0.3, -0.25) is 9.48 Å². The van der Waals surface area contributed by atoms with Gasteiger partial charge >= 0.3 is 0 Å². The molecule has 0 saturated carbocycles. The number of amides is 1. The van der Waals surface area contributed by atoms with Crippen LogP contribution in [-0.4, -0.2) is 41.5 Å². The zero-order chi connectivity index (χ0) is 23.6. The predicted molar refractivity (Wildman–Crippen MR) is 132 cm³/mol. The van der Waals surface area contributed by atoms with Crippen molar-refractivity contribution in [2.75, 3.05) is 18.4 Å². The highest BCUT2D eigenvalue weighted by Crippen LogP contribution is 2.27. The van der Waals surface area contributed by atoms with Crippen LogP contribution < -0.4 is 5.32 Å². The summed E-state index contributed by atoms with van der Waals surface area (Å²) in [5, 5.41) is 8.25. The Morgan fingerprint density at radius 3 is 2.45 bits per heavy atom. The fraction of sp³-hybridized carbons (Fsp3) is 0.273. The monoisotopic (exact) mass is 570 g/mol. The Hall–Kier alpha value is -1.91. The number of benzene rings is 2. The lowest BCUT2D eigenvalue weighted by atomic mass is 9.97. The molecule has 4 rings (SSSR count). The third-order valence-corrected chi connectivity index (χ3v) is 8.73. The van der Waals surface area contributed by atoms with Crippen LogP contribution in [0.1, 0.15) is 18.4 Å². The maximum Gasteiger partial charge on any atom is 0.243 e. The molecule has 1 N–H and O–H groups in total. The van der Waals surface area contributed by atoms with Gasteiger partial charge in [-0.15, -0.1) is 0 Å². The van der Waals surface area contributed by atoms with Crippen molar-refractivity contribution < 1.29 is 13.2 Å². The minimum absolute atomic E-state index is 0.174. The Morgan fingerprint density at radius 2 is 1.79 bits per heavy atom. The van der Waals surface area contributed by atoms with Crippen LogP contribution in [0.3, 0.4) is 0 Å². The molecule has 174 valence electrons. The number of sulfonamides is 1. The number of halogens is 3. The quantitative estimate of drug-likeness (QED) is 0.449. The summed E-state index contributed by atoms with van der Waals surface area (Å²) in [7, 11) is -3.55. The molecule has 7 nitrogen and oxygen atoms in total. The first-order valence-electron chi connectivity index (χ1n) is 10.3. The van der Waals surface area contributed by atoms with Crippen molar-refractivity contribution in [1.29, 1.82) is 0 Å². The number of aromatic nitrogens is 2. The Morgan fingerprint density at radius 1 is 1.09 bits per heavy atom. The van der Waals surface area contributed by atoms with E-state index in [9.17, 15) is 13.2 Å². The van der Waals surface area contributed by atoms with Gasteiger partial charge in [0.1, 0.15) is 0 Å². The average molecular weight is 572 g/mol. The van der Waals surface area contributed by atoms with E-state index in [4.69, 9.17) is 23.2 Å². The summed E-state index contributed by atoms with van der Waals surface area (Å²) in [6.45, 7) is 1.05. The zero-order valence-electron chi connectivity index (χ0n) is 17.4. The van der Waals surface area contributed by atoms with Gasteiger partial charge in [-0.2, -0.15) is 9.40 Å². The van der Waals surface area contributed by atoms with Gasteiger partial charge in [0.2, 0.25) is 15.9 Å². The van der Waals surface area contributed by atoms with Crippen LogP contribution >= 0.6 is 39.1 Å². The number of rotatable bonds is 6. The minimum Gasteiger partial charge on any atom is -0.308 e. The number of piperidine rings is 1. The molecule has 2 heterocycles. The number of nitrogens with one attached hydrogen (secondary N) is 1. The predicted octanol–water partition coefficient (Wildman–Crippen LogP) is 5.04. The van der Waals surface area contributed by atoms with Crippen LogP contribution in [0.2, 0.25) is 10.0 Å². The molecule has 2 aromatic carbocycles. The number of hydrogen-bond acceptors (Lipinski definition) is 4. The summed E-state index contributed by atoms with van der Waals surface area (Å²) >= 11 is 15.5. The molecule has 1 aliphatic heterocycles. The van der Waals surface area contributed by atoms with Crippen molar-refractivity contribution >= 4 is 60.9 Å². The number of carbonyl (C=O) groups excluding carboxylic acids is 1. The van der Waals surface area contributed by atoms with Crippen molar-refractivity contribution in [1.82, 2.24) is 14.1 Å². The lowest BCUT2D eigenvalue weighted by Gasteiger charge is -2.30. The highest BCUT2D eigenvalue weighted by atomic mass is 79.9. The SMILES string of the molecule is O=C(Nc1nn(Cc2ccc(Cl)c(Cl)c2)cc1Br)C1CCN(S(=O)(=O)c2ccccc2)CC1. The number of nitrogens with zero attached hydrogens (tertiary/aromatic N) is 3. The molecule has 1 aliphatic rings. The number of anilines is 1. The number of hydrogen-bond donors (Lipinski definition) is 1. The summed E-state index contributed by atoms with van der Waals surface area (Å²) in [6, 6.07) is 13.7. The van der Waals surface area contributed by atoms with E-state index in [1.54, 1.807) is 53.3 Å². The highest BCUT2D eigenvalue weighted by molar-refractivity contribution is 9.10. The largest absolute Gasteiger partial charge is 0.308 e. The number of carbonyl (C=O) groups is 1. The van der Waals surface area contributed by atoms with Crippen LogP contribution in [0.4, 0.5) is 5.82 Å². The molecule has 0 atom stereocenters. The lowest BCUT2D eigenvalue weighted by molar-refractivity contribution is -0.120. The van der Waals surface area contributed by atoms with Gasteiger partial charge in [-0.05, 0) is 58.6 Å². The first kappa shape index (κ1) is 24.2. The maximum atomic E-state index is 12.8. The van der Waals surface area contributed by atoms with E-state index in [-0.39, 0.29) is 16.7 Å². The first-order chi connectivity index (χ1) is 15.7. The third kappa shape index (κ3) is 5.60. The summed E-state index contributed by atoms with van der Waals surface area (Å²) in [5.74, 6) is -0.0500. The molecular weight excluding hydrogens is 551 g/mol. The second-order valence-electron chi connectivity index (χ2n) is 7.75. The molecule has 0 aliphatic carbocycles. The Bertz CT molecular complexity index is 1260. The van der Waals surface area contributed by atoms with Crippen LogP contribution in [0.15, 0.2) is 64.1 Å². The van der Waals surface area contributed by atoms with Gasteiger partial charge in [0.25, 0.3) is 0 Å². The molecule has 0 bridgehead atoms. The fourth-order valence-corrected chi connectivity index (χ4v) is 5.93. The molecule has 0 unspecified atom stereocenters. The molecule has 1 aromatic heterocycles. The lowest BCUT2D eigenvalue weighted by Crippen LogP contribution is -2.41. The second-order valence-corrected chi connectivity index (χ2v) is 11.4. The van der Waals surface area contributed by atoms with Crippen molar-refractivity contribution in [2.45, 2.75) is 24.3 Å². The maximum absolute atomic E-state index is 12.8. The van der Waals surface area contributed by atoms with Crippen molar-refractivity contribution in [3.05, 3.63) is 74.8 Å². The molecule has 3 aromatic rings. The molecule has 1 fully saturated rings. The summed E-state index contributed by atoms with van der Waals surface area (Å²) in [6.07, 6.45) is 2.66. The summed E-state index contributed by atoms with van der Waals surface area (Å²) in [4.78, 5) is 13.1. The van der Waals surface area contributed by atoms with Crippen LogP contribution in [0.5, 0.6) is 0 Å². The minimum atomic E-state index is -3.55. The van der Waals surface area contributed by atoms with E-state index in [1.165, 1.54) is 4.31 Å². The van der Waals surface area contributed by atoms with Crippen LogP contribution in [-0.2, 0) is 21.4 Å². The van der Waals surface area contributed by atoms with E-state index >= 15 is 0 Å². The van der Waals surface area contributed by atoms with Crippen molar-refractivity contribution in [3.63, 3.8) is 0 Å². The van der Waals surface area contributed by atoms with Crippen molar-refractivity contribution in [3.8, 4) is 0 Å². The Labute approximate surface area is 210 Å². The first-order valence-corrected chi connectivity index (χ1v) is 13.3. The van der Waals surface area contributed by atoms with Crippen LogP contribution in [0, 0.1) is 5.92 Å². The van der Waals surface area contributed by atoms with E-state index in [1.807, 2.05) is 6.07 Å². The topological polar surface area (TPSA) is 84.3 Å². The molecule has 11 heteroatoms. The van der Waals surface area contributed by atoms with E-state index in [0.29, 0.717) is 52.8 Å². The van der Waals surface area contributed by atoms with E-state index < -0.39 is 10.0 Å². The van der Waals surface area contributed by atoms with Gasteiger partial charge in [-0.1, -0.05) is 47.5 Å². The summed E-state index contributed by atoms with van der Waals surface area (Å²) < 4.78 is 29.3. The smallest absolute Gasteiger partial charge is 0.243 e. The molecule has 33 heavy (non-hydrogen) atoms. The van der Waals surface area contributed by atoms with Gasteiger partial charge in [0.05, 0.1) is 26.0 Å². The van der Waals surface area contributed by atoms with E-state index in [2.05, 4.69) is 26.3 Å². The molecule has 1 saturated heterocycles. The normalized spacial score (nSPS) is 15.5. The molecule has 0 spiro atoms. The molecule has 0 radical (unpaired) electrons. The standard InChI is InChI=1S/C22H21BrCl2N4O3S/c23-18-14-28(13-15-6-7-19(24)20(25)12-15)27-21(18)26-22(30)16-8-10-29(11-9-16)33(31,32)17-4-2-1-3-5-17/h1-7,12,14,16H,8-11,13H2,(H,26,27,30). The van der Waals surface area contributed by atoms with Gasteiger partial charge in [0.15, 0.2) is 5.82 Å². The zero-order valence-corrected chi connectivity index (χ0v) is 21.3. The Balaban J connectivity index is 1.36. The fourth-order valence-electron chi connectivity index (χ4n) is 3.71. The van der Waals surface area contributed by atoms with Gasteiger partial charge < -0.3 is 5.32 Å². The van der Waals surface area contributed by atoms with Crippen molar-refractivity contribution in [2.24, 2.45) is 5.92 Å². The van der Waals surface area contributed by atoms with Crippen LogP contribution in [0.25, 0.3) is 0 Å². The average Bonchev–Trinajstić information content (AvgIpc) is 3.15. The van der Waals surface area contributed by atoms with Gasteiger partial charge in [0, 0.05) is 25.2 Å². The molecular formula is C22H21BrCl2N4O3S. The molecule has 1 amide bonds. The summed E-state index contributed by atoms with van der Waals surface area (Å²) in [5.41, 5.74) is 0.921. The second kappa shape index (κ2) is 10.1. The third-order valence-electron chi connectivity index (χ3n) is 5.49. The van der Waals surface area contributed by atoms with Gasteiger partial charge in [-0.25, -0.2) is 8.42 Å². The highest BCUT2D eigenvalue weighted by Gasteiger charge is 2.32.